The first-order valence-corrected chi connectivity index (χ1v) is 2.89. The molecular formula is C5H11N5. The van der Waals surface area contributed by atoms with Gasteiger partial charge in [-0.3, -0.25) is 0 Å². The topological polar surface area (TPSA) is 102 Å². The molecule has 0 radical (unpaired) electrons. The fraction of sp³-hybridized carbons (Fsp3) is 0.400. The number of aliphatic imine (C=N–C) groups is 1. The molecule has 10 heavy (non-hydrogen) atoms. The molecule has 0 amide bonds. The van der Waals surface area contributed by atoms with Gasteiger partial charge >= 0.3 is 0 Å². The van der Waals surface area contributed by atoms with E-state index in [1.807, 2.05) is 0 Å². The van der Waals surface area contributed by atoms with Crippen molar-refractivity contribution in [2.75, 3.05) is 0 Å². The van der Waals surface area contributed by atoms with Crippen LogP contribution in [0, 0.1) is 0 Å². The third-order valence-corrected chi connectivity index (χ3v) is 1.31. The summed E-state index contributed by atoms with van der Waals surface area (Å²) in [5.41, 5.74) is 16.0. The van der Waals surface area contributed by atoms with Crippen LogP contribution in [-0.4, -0.2) is 11.6 Å². The summed E-state index contributed by atoms with van der Waals surface area (Å²) < 4.78 is 0. The molecule has 1 atom stereocenters. The second kappa shape index (κ2) is 1.88. The summed E-state index contributed by atoms with van der Waals surface area (Å²) in [7, 11) is 0. The summed E-state index contributed by atoms with van der Waals surface area (Å²) >= 11 is 0. The molecule has 0 spiro atoms. The summed E-state index contributed by atoms with van der Waals surface area (Å²) in [6.45, 7) is 1.69. The molecule has 0 aromatic heterocycles. The second-order valence-electron chi connectivity index (χ2n) is 2.39. The van der Waals surface area contributed by atoms with E-state index in [1.54, 1.807) is 13.1 Å². The first-order valence-electron chi connectivity index (χ1n) is 2.89. The standard InChI is InChI=1S/C5H11N5/c1-5(8)3(6)2-9-4(7)10-5/h2H,6,8H2,1H3,(H3,7,9,10). The molecule has 1 rings (SSSR count). The van der Waals surface area contributed by atoms with Crippen LogP contribution in [0.3, 0.4) is 0 Å². The van der Waals surface area contributed by atoms with E-state index in [1.165, 1.54) is 0 Å². The number of hydrogen-bond acceptors (Lipinski definition) is 5. The Kier molecular flexibility index (Phi) is 1.29. The molecule has 56 valence electrons. The zero-order valence-electron chi connectivity index (χ0n) is 5.76. The van der Waals surface area contributed by atoms with Gasteiger partial charge in [0, 0.05) is 6.20 Å². The maximum atomic E-state index is 5.61. The first-order chi connectivity index (χ1) is 4.52. The van der Waals surface area contributed by atoms with Crippen LogP contribution in [0.5, 0.6) is 0 Å². The predicted octanol–water partition coefficient (Wildman–Crippen LogP) is -1.62. The van der Waals surface area contributed by atoms with Gasteiger partial charge in [0.25, 0.3) is 0 Å². The largest absolute Gasteiger partial charge is 0.398 e. The highest BCUT2D eigenvalue weighted by molar-refractivity contribution is 5.80. The Labute approximate surface area is 59.0 Å². The van der Waals surface area contributed by atoms with Gasteiger partial charge in [0.15, 0.2) is 11.6 Å². The van der Waals surface area contributed by atoms with Gasteiger partial charge in [-0.2, -0.15) is 0 Å². The molecule has 1 aliphatic heterocycles. The molecule has 0 saturated carbocycles. The van der Waals surface area contributed by atoms with Gasteiger partial charge in [-0.1, -0.05) is 0 Å². The lowest BCUT2D eigenvalue weighted by Crippen LogP contribution is -2.48. The molecule has 0 aromatic rings. The molecular weight excluding hydrogens is 130 g/mol. The van der Waals surface area contributed by atoms with Gasteiger partial charge in [0.05, 0.1) is 5.70 Å². The van der Waals surface area contributed by atoms with E-state index >= 15 is 0 Å². The van der Waals surface area contributed by atoms with Gasteiger partial charge in [-0.25, -0.2) is 4.99 Å². The van der Waals surface area contributed by atoms with E-state index in [2.05, 4.69) is 10.3 Å². The Bertz CT molecular complexity index is 202. The highest BCUT2D eigenvalue weighted by Crippen LogP contribution is 2.10. The molecule has 5 nitrogen and oxygen atoms in total. The minimum absolute atomic E-state index is 0.291. The molecule has 1 unspecified atom stereocenters. The van der Waals surface area contributed by atoms with Crippen molar-refractivity contribution < 1.29 is 0 Å². The van der Waals surface area contributed by atoms with E-state index in [-0.39, 0.29) is 0 Å². The van der Waals surface area contributed by atoms with Crippen molar-refractivity contribution in [1.29, 1.82) is 0 Å². The van der Waals surface area contributed by atoms with Crippen LogP contribution >= 0.6 is 0 Å². The van der Waals surface area contributed by atoms with E-state index in [0.717, 1.165) is 0 Å². The smallest absolute Gasteiger partial charge is 0.194 e. The van der Waals surface area contributed by atoms with Crippen molar-refractivity contribution in [2.45, 2.75) is 12.6 Å². The van der Waals surface area contributed by atoms with Crippen LogP contribution in [0.2, 0.25) is 0 Å². The number of hydrogen-bond donors (Lipinski definition) is 4. The van der Waals surface area contributed by atoms with Gasteiger partial charge in [0.1, 0.15) is 0 Å². The molecule has 0 saturated heterocycles. The van der Waals surface area contributed by atoms with Crippen molar-refractivity contribution in [2.24, 2.45) is 22.2 Å². The van der Waals surface area contributed by atoms with Crippen molar-refractivity contribution in [1.82, 2.24) is 5.32 Å². The fourth-order valence-electron chi connectivity index (χ4n) is 0.645. The van der Waals surface area contributed by atoms with Crippen molar-refractivity contribution in [3.05, 3.63) is 11.9 Å². The normalized spacial score (nSPS) is 32.2. The Hall–Kier alpha value is -1.23. The van der Waals surface area contributed by atoms with Crippen LogP contribution in [0.1, 0.15) is 6.92 Å². The fourth-order valence-corrected chi connectivity index (χ4v) is 0.645. The van der Waals surface area contributed by atoms with Crippen LogP contribution in [0.4, 0.5) is 0 Å². The van der Waals surface area contributed by atoms with E-state index in [0.29, 0.717) is 11.7 Å². The number of nitrogens with two attached hydrogens (primary N) is 3. The van der Waals surface area contributed by atoms with E-state index < -0.39 is 5.66 Å². The third-order valence-electron chi connectivity index (χ3n) is 1.31. The molecule has 0 fully saturated rings. The number of nitrogens with zero attached hydrogens (tertiary/aromatic N) is 1. The zero-order chi connectivity index (χ0) is 7.78. The van der Waals surface area contributed by atoms with E-state index in [9.17, 15) is 0 Å². The maximum absolute atomic E-state index is 5.61. The Morgan fingerprint density at radius 1 is 1.60 bits per heavy atom. The molecule has 1 heterocycles. The first kappa shape index (κ1) is 6.88. The lowest BCUT2D eigenvalue weighted by molar-refractivity contribution is 0.558. The summed E-state index contributed by atoms with van der Waals surface area (Å²) in [6, 6.07) is 0. The van der Waals surface area contributed by atoms with Gasteiger partial charge < -0.3 is 22.5 Å². The minimum atomic E-state index is -0.852. The van der Waals surface area contributed by atoms with Crippen LogP contribution in [0.15, 0.2) is 16.9 Å². The average Bonchev–Trinajstić information content (AvgIpc) is 1.78. The quantitative estimate of drug-likeness (QED) is 0.325. The van der Waals surface area contributed by atoms with Gasteiger partial charge in [-0.05, 0) is 6.92 Å². The molecule has 0 aromatic carbocycles. The Balaban J connectivity index is 2.90. The minimum Gasteiger partial charge on any atom is -0.398 e. The molecule has 0 bridgehead atoms. The summed E-state index contributed by atoms with van der Waals surface area (Å²) in [5.74, 6) is 0.291. The highest BCUT2D eigenvalue weighted by atomic mass is 15.2. The number of nitrogens with one attached hydrogen (secondary N) is 1. The van der Waals surface area contributed by atoms with Crippen LogP contribution in [0.25, 0.3) is 0 Å². The van der Waals surface area contributed by atoms with Gasteiger partial charge in [0.2, 0.25) is 0 Å². The molecule has 5 heteroatoms. The Morgan fingerprint density at radius 2 is 2.20 bits per heavy atom. The Morgan fingerprint density at radius 3 is 2.60 bits per heavy atom. The predicted molar refractivity (Wildman–Crippen MR) is 39.6 cm³/mol. The third kappa shape index (κ3) is 1.03. The maximum Gasteiger partial charge on any atom is 0.194 e. The molecule has 1 aliphatic rings. The highest BCUT2D eigenvalue weighted by Gasteiger charge is 2.23. The van der Waals surface area contributed by atoms with Crippen LogP contribution in [-0.2, 0) is 0 Å². The van der Waals surface area contributed by atoms with Crippen molar-refractivity contribution in [3.63, 3.8) is 0 Å². The summed E-state index contributed by atoms with van der Waals surface area (Å²) in [5, 5.41) is 2.65. The van der Waals surface area contributed by atoms with Crippen molar-refractivity contribution in [3.8, 4) is 0 Å². The van der Waals surface area contributed by atoms with Crippen LogP contribution < -0.4 is 22.5 Å². The lowest BCUT2D eigenvalue weighted by atomic mass is 10.1. The average molecular weight is 141 g/mol. The number of rotatable bonds is 0. The molecule has 0 aliphatic carbocycles. The summed E-state index contributed by atoms with van der Waals surface area (Å²) in [6.07, 6.45) is 1.54. The summed E-state index contributed by atoms with van der Waals surface area (Å²) in [4.78, 5) is 3.86. The number of guanidine groups is 1. The van der Waals surface area contributed by atoms with Crippen molar-refractivity contribution >= 4 is 5.96 Å². The SMILES string of the molecule is CC1(N)N=C(N)NC=C1N. The van der Waals surface area contributed by atoms with E-state index in [4.69, 9.17) is 17.2 Å². The lowest BCUT2D eigenvalue weighted by Gasteiger charge is -2.24. The molecule has 7 N–H and O–H groups in total. The monoisotopic (exact) mass is 141 g/mol. The van der Waals surface area contributed by atoms with Gasteiger partial charge in [-0.15, -0.1) is 0 Å². The zero-order valence-corrected chi connectivity index (χ0v) is 5.76. The second-order valence-corrected chi connectivity index (χ2v) is 2.39.